The van der Waals surface area contributed by atoms with Crippen LogP contribution < -0.4 is 11.1 Å². The van der Waals surface area contributed by atoms with Crippen LogP contribution in [0.1, 0.15) is 26.2 Å². The number of carbonyl (C=O) groups is 3. The lowest BCUT2D eigenvalue weighted by atomic mass is 10.3. The summed E-state index contributed by atoms with van der Waals surface area (Å²) in [4.78, 5) is 34.8. The summed E-state index contributed by atoms with van der Waals surface area (Å²) in [6.45, 7) is 2.15. The Morgan fingerprint density at radius 2 is 2.00 bits per heavy atom. The number of unbranched alkanes of at least 4 members (excludes halogenated alkanes) is 1. The predicted octanol–water partition coefficient (Wildman–Crippen LogP) is 0.439. The molecule has 0 aliphatic heterocycles. The highest BCUT2D eigenvalue weighted by atomic mass is 35.5. The summed E-state index contributed by atoms with van der Waals surface area (Å²) in [6.07, 6.45) is 1.67. The van der Waals surface area contributed by atoms with Gasteiger partial charge in [0.2, 0.25) is 11.8 Å². The molecule has 17 heavy (non-hydrogen) atoms. The largest absolute Gasteiger partial charge is 0.368 e. The monoisotopic (exact) mass is 263 g/mol. The number of hydrogen-bond donors (Lipinski definition) is 2. The zero-order valence-corrected chi connectivity index (χ0v) is 10.6. The number of carbonyl (C=O) groups excluding carboxylic acids is 3. The van der Waals surface area contributed by atoms with Gasteiger partial charge in [0, 0.05) is 18.8 Å². The molecule has 0 aliphatic rings. The van der Waals surface area contributed by atoms with Gasteiger partial charge in [-0.2, -0.15) is 0 Å². The predicted molar refractivity (Wildman–Crippen MR) is 64.6 cm³/mol. The number of nitrogens with zero attached hydrogens (tertiary/aromatic N) is 1. The average Bonchev–Trinajstić information content (AvgIpc) is 2.23. The summed E-state index contributed by atoms with van der Waals surface area (Å²) in [5, 5.41) is 2.15. The molecule has 0 spiro atoms. The second-order valence-electron chi connectivity index (χ2n) is 3.53. The van der Waals surface area contributed by atoms with E-state index in [1.807, 2.05) is 6.92 Å². The molecule has 0 aromatic heterocycles. The number of alkyl halides is 1. The normalized spacial score (nSPS) is 9.76. The number of imide groups is 1. The lowest BCUT2D eigenvalue weighted by Crippen LogP contribution is -2.46. The van der Waals surface area contributed by atoms with Crippen molar-refractivity contribution in [1.82, 2.24) is 10.2 Å². The maximum atomic E-state index is 11.6. The van der Waals surface area contributed by atoms with E-state index in [1.165, 1.54) is 4.90 Å². The molecule has 0 aromatic carbocycles. The summed E-state index contributed by atoms with van der Waals surface area (Å²) in [7, 11) is 0. The number of amides is 4. The van der Waals surface area contributed by atoms with Crippen LogP contribution in [-0.4, -0.2) is 41.7 Å². The Bertz CT molecular complexity index is 284. The molecule has 0 saturated heterocycles. The summed E-state index contributed by atoms with van der Waals surface area (Å²) in [5.74, 6) is -0.929. The molecule has 0 unspecified atom stereocenters. The van der Waals surface area contributed by atoms with E-state index in [-0.39, 0.29) is 18.8 Å². The van der Waals surface area contributed by atoms with Gasteiger partial charge in [0.25, 0.3) is 0 Å². The fourth-order valence-corrected chi connectivity index (χ4v) is 1.31. The van der Waals surface area contributed by atoms with Crippen LogP contribution in [0.5, 0.6) is 0 Å². The average molecular weight is 264 g/mol. The van der Waals surface area contributed by atoms with Crippen LogP contribution in [0.15, 0.2) is 0 Å². The molecular weight excluding hydrogens is 246 g/mol. The molecule has 0 fully saturated rings. The van der Waals surface area contributed by atoms with Gasteiger partial charge in [0.05, 0.1) is 0 Å². The zero-order valence-electron chi connectivity index (χ0n) is 9.87. The van der Waals surface area contributed by atoms with Crippen molar-refractivity contribution < 1.29 is 14.4 Å². The van der Waals surface area contributed by atoms with E-state index in [1.54, 1.807) is 0 Å². The van der Waals surface area contributed by atoms with E-state index >= 15 is 0 Å². The number of nitrogens with one attached hydrogen (secondary N) is 1. The zero-order chi connectivity index (χ0) is 13.3. The lowest BCUT2D eigenvalue weighted by molar-refractivity contribution is -0.121. The van der Waals surface area contributed by atoms with Gasteiger partial charge in [-0.05, 0) is 6.42 Å². The first-order chi connectivity index (χ1) is 8.01. The Morgan fingerprint density at radius 3 is 2.47 bits per heavy atom. The number of nitrogens with two attached hydrogens (primary N) is 1. The van der Waals surface area contributed by atoms with E-state index in [9.17, 15) is 14.4 Å². The number of urea groups is 1. The van der Waals surface area contributed by atoms with Gasteiger partial charge in [-0.15, -0.1) is 11.6 Å². The number of hydrogen-bond acceptors (Lipinski definition) is 3. The minimum Gasteiger partial charge on any atom is -0.368 e. The maximum Gasteiger partial charge on any atom is 0.324 e. The van der Waals surface area contributed by atoms with Crippen molar-refractivity contribution in [2.24, 2.45) is 5.73 Å². The number of rotatable bonds is 7. The summed E-state index contributed by atoms with van der Waals surface area (Å²) in [6, 6.07) is -0.604. The Morgan fingerprint density at radius 1 is 1.35 bits per heavy atom. The summed E-state index contributed by atoms with van der Waals surface area (Å²) < 4.78 is 0. The minimum absolute atomic E-state index is 0.0610. The van der Waals surface area contributed by atoms with Crippen LogP contribution in [-0.2, 0) is 9.59 Å². The smallest absolute Gasteiger partial charge is 0.324 e. The molecule has 0 atom stereocenters. The maximum absolute atomic E-state index is 11.6. The Labute approximate surface area is 105 Å². The van der Waals surface area contributed by atoms with Crippen LogP contribution in [0.25, 0.3) is 0 Å². The molecule has 0 saturated carbocycles. The third-order valence-electron chi connectivity index (χ3n) is 1.98. The molecule has 0 bridgehead atoms. The SMILES string of the molecule is CCCCN(CC(N)=O)C(=O)NC(=O)CCCl. The van der Waals surface area contributed by atoms with Crippen molar-refractivity contribution in [3.63, 3.8) is 0 Å². The Kier molecular flexibility index (Phi) is 8.13. The number of halogens is 1. The molecule has 3 N–H and O–H groups in total. The van der Waals surface area contributed by atoms with E-state index in [2.05, 4.69) is 5.32 Å². The van der Waals surface area contributed by atoms with Gasteiger partial charge in [0.1, 0.15) is 6.54 Å². The highest BCUT2D eigenvalue weighted by Crippen LogP contribution is 1.96. The van der Waals surface area contributed by atoms with Crippen molar-refractivity contribution in [2.75, 3.05) is 19.0 Å². The molecular formula is C10H18ClN3O3. The van der Waals surface area contributed by atoms with Gasteiger partial charge in [-0.3, -0.25) is 14.9 Å². The van der Waals surface area contributed by atoms with Gasteiger partial charge in [0.15, 0.2) is 0 Å². The van der Waals surface area contributed by atoms with Gasteiger partial charge in [-0.25, -0.2) is 4.79 Å². The fraction of sp³-hybridized carbons (Fsp3) is 0.700. The molecule has 6 nitrogen and oxygen atoms in total. The highest BCUT2D eigenvalue weighted by molar-refractivity contribution is 6.19. The highest BCUT2D eigenvalue weighted by Gasteiger charge is 2.17. The molecule has 0 aliphatic carbocycles. The number of primary amides is 1. The molecule has 4 amide bonds. The third-order valence-corrected chi connectivity index (χ3v) is 2.17. The van der Waals surface area contributed by atoms with E-state index in [0.29, 0.717) is 6.54 Å². The molecule has 0 aromatic rings. The van der Waals surface area contributed by atoms with Crippen LogP contribution in [0, 0.1) is 0 Å². The van der Waals surface area contributed by atoms with Gasteiger partial charge >= 0.3 is 6.03 Å². The first kappa shape index (κ1) is 15.7. The minimum atomic E-state index is -0.610. The van der Waals surface area contributed by atoms with Crippen LogP contribution in [0.2, 0.25) is 0 Å². The second kappa shape index (κ2) is 8.81. The van der Waals surface area contributed by atoms with Crippen molar-refractivity contribution in [2.45, 2.75) is 26.2 Å². The standard InChI is InChI=1S/C10H18ClN3O3/c1-2-3-6-14(7-8(12)15)10(17)13-9(16)4-5-11/h2-7H2,1H3,(H2,12,15)(H,13,16,17). The fourth-order valence-electron chi connectivity index (χ4n) is 1.14. The van der Waals surface area contributed by atoms with E-state index < -0.39 is 17.8 Å². The quantitative estimate of drug-likeness (QED) is 0.653. The summed E-state index contributed by atoms with van der Waals surface area (Å²) >= 11 is 5.37. The van der Waals surface area contributed by atoms with E-state index in [4.69, 9.17) is 17.3 Å². The Balaban J connectivity index is 4.30. The Hall–Kier alpha value is -1.30. The lowest BCUT2D eigenvalue weighted by Gasteiger charge is -2.20. The van der Waals surface area contributed by atoms with Crippen molar-refractivity contribution in [3.05, 3.63) is 0 Å². The van der Waals surface area contributed by atoms with Crippen LogP contribution in [0.3, 0.4) is 0 Å². The third kappa shape index (κ3) is 7.57. The second-order valence-corrected chi connectivity index (χ2v) is 3.91. The molecule has 98 valence electrons. The van der Waals surface area contributed by atoms with Crippen molar-refractivity contribution >= 4 is 29.4 Å². The topological polar surface area (TPSA) is 92.5 Å². The molecule has 0 heterocycles. The first-order valence-electron chi connectivity index (χ1n) is 5.44. The van der Waals surface area contributed by atoms with Crippen LogP contribution in [0.4, 0.5) is 4.79 Å². The molecule has 0 rings (SSSR count). The van der Waals surface area contributed by atoms with Crippen molar-refractivity contribution in [1.29, 1.82) is 0 Å². The van der Waals surface area contributed by atoms with Gasteiger partial charge < -0.3 is 10.6 Å². The van der Waals surface area contributed by atoms with Crippen molar-refractivity contribution in [3.8, 4) is 0 Å². The molecule has 0 radical (unpaired) electrons. The molecule has 7 heteroatoms. The van der Waals surface area contributed by atoms with E-state index in [0.717, 1.165) is 12.8 Å². The summed E-state index contributed by atoms with van der Waals surface area (Å²) in [5.41, 5.74) is 5.03. The van der Waals surface area contributed by atoms with Gasteiger partial charge in [-0.1, -0.05) is 13.3 Å². The van der Waals surface area contributed by atoms with Crippen LogP contribution >= 0.6 is 11.6 Å². The first-order valence-corrected chi connectivity index (χ1v) is 5.97.